The summed E-state index contributed by atoms with van der Waals surface area (Å²) in [7, 11) is 0. The van der Waals surface area contributed by atoms with E-state index in [2.05, 4.69) is 27.5 Å². The summed E-state index contributed by atoms with van der Waals surface area (Å²) >= 11 is 0. The minimum absolute atomic E-state index is 0.0178. The molecule has 2 aromatic carbocycles. The van der Waals surface area contributed by atoms with Gasteiger partial charge >= 0.3 is 0 Å². The monoisotopic (exact) mass is 450 g/mol. The van der Waals surface area contributed by atoms with Crippen molar-refractivity contribution >= 4 is 17.3 Å². The molecular formula is C24H26N4O5. The van der Waals surface area contributed by atoms with E-state index >= 15 is 0 Å². The van der Waals surface area contributed by atoms with Crippen LogP contribution < -0.4 is 5.32 Å². The molecule has 9 nitrogen and oxygen atoms in total. The Balaban J connectivity index is 1.40. The Bertz CT molecular complexity index is 1070. The van der Waals surface area contributed by atoms with E-state index in [9.17, 15) is 14.9 Å². The largest absolute Gasteiger partial charge is 0.377 e. The summed E-state index contributed by atoms with van der Waals surface area (Å²) in [6.07, 6.45) is 1.94. The highest BCUT2D eigenvalue weighted by Crippen LogP contribution is 2.40. The van der Waals surface area contributed by atoms with Gasteiger partial charge in [-0.2, -0.15) is 0 Å². The molecule has 0 radical (unpaired) electrons. The first-order valence-electron chi connectivity index (χ1n) is 11.2. The molecular weight excluding hydrogens is 424 g/mol. The van der Waals surface area contributed by atoms with E-state index in [4.69, 9.17) is 9.57 Å². The number of nitro benzene ring substituents is 1. The van der Waals surface area contributed by atoms with Gasteiger partial charge in [-0.15, -0.1) is 0 Å². The van der Waals surface area contributed by atoms with Gasteiger partial charge in [0.1, 0.15) is 0 Å². The van der Waals surface area contributed by atoms with E-state index in [1.165, 1.54) is 12.1 Å². The molecule has 0 bridgehead atoms. The fourth-order valence-electron chi connectivity index (χ4n) is 4.93. The summed E-state index contributed by atoms with van der Waals surface area (Å²) < 4.78 is 5.64. The highest BCUT2D eigenvalue weighted by Gasteiger charge is 2.60. The number of nitro groups is 1. The summed E-state index contributed by atoms with van der Waals surface area (Å²) in [6, 6.07) is 16.4. The number of hydrogen-bond donors (Lipinski definition) is 1. The van der Waals surface area contributed by atoms with Crippen LogP contribution in [0.25, 0.3) is 0 Å². The number of nitrogens with one attached hydrogen (secondary N) is 1. The molecule has 3 atom stereocenters. The number of oxime groups is 1. The molecule has 3 aliphatic heterocycles. The SMILES string of the molecule is O=C(NCC1CCCO1)C12CN(Cc3ccccc3)CC1C(c1cccc([N+](=O)[O-])c1)=NO2. The van der Waals surface area contributed by atoms with Crippen LogP contribution in [-0.2, 0) is 20.9 Å². The molecule has 1 N–H and O–H groups in total. The van der Waals surface area contributed by atoms with Gasteiger partial charge in [-0.3, -0.25) is 19.8 Å². The second-order valence-corrected chi connectivity index (χ2v) is 8.82. The van der Waals surface area contributed by atoms with Crippen LogP contribution in [0.15, 0.2) is 59.8 Å². The molecule has 2 aromatic rings. The molecule has 0 aliphatic carbocycles. The molecule has 9 heteroatoms. The highest BCUT2D eigenvalue weighted by atomic mass is 16.7. The zero-order valence-corrected chi connectivity index (χ0v) is 18.2. The lowest BCUT2D eigenvalue weighted by Crippen LogP contribution is -2.54. The first kappa shape index (κ1) is 21.5. The van der Waals surface area contributed by atoms with Crippen LogP contribution in [0.5, 0.6) is 0 Å². The number of non-ortho nitro benzene ring substituents is 1. The maximum atomic E-state index is 13.5. The van der Waals surface area contributed by atoms with Crippen molar-refractivity contribution in [3.8, 4) is 0 Å². The Hall–Kier alpha value is -3.30. The molecule has 5 rings (SSSR count). The zero-order valence-electron chi connectivity index (χ0n) is 18.2. The number of ether oxygens (including phenoxy) is 1. The van der Waals surface area contributed by atoms with Gasteiger partial charge in [-0.25, -0.2) is 0 Å². The highest BCUT2D eigenvalue weighted by molar-refractivity contribution is 6.08. The standard InChI is InChI=1S/C24H26N4O5/c29-23(25-13-20-10-5-11-32-20)24-16-27(14-17-6-2-1-3-7-17)15-21(24)22(26-33-24)18-8-4-9-19(12-18)28(30)31/h1-4,6-9,12,20-21H,5,10-11,13-16H2,(H,25,29). The van der Waals surface area contributed by atoms with Crippen LogP contribution in [0.3, 0.4) is 0 Å². The second kappa shape index (κ2) is 8.92. The Morgan fingerprint density at radius 1 is 1.24 bits per heavy atom. The van der Waals surface area contributed by atoms with Gasteiger partial charge in [0.25, 0.3) is 11.6 Å². The third kappa shape index (κ3) is 4.21. The van der Waals surface area contributed by atoms with Crippen molar-refractivity contribution in [2.24, 2.45) is 11.1 Å². The van der Waals surface area contributed by atoms with Gasteiger partial charge in [0.2, 0.25) is 5.60 Å². The number of amides is 1. The molecule has 3 aliphatic rings. The summed E-state index contributed by atoms with van der Waals surface area (Å²) in [6.45, 7) is 2.76. The fourth-order valence-corrected chi connectivity index (χ4v) is 4.93. The Morgan fingerprint density at radius 3 is 2.85 bits per heavy atom. The van der Waals surface area contributed by atoms with Crippen molar-refractivity contribution in [2.45, 2.75) is 31.1 Å². The molecule has 2 saturated heterocycles. The Kier molecular flexibility index (Phi) is 5.82. The molecule has 0 saturated carbocycles. The van der Waals surface area contributed by atoms with Crippen LogP contribution in [-0.4, -0.2) is 59.4 Å². The van der Waals surface area contributed by atoms with Gasteiger partial charge in [-0.1, -0.05) is 47.6 Å². The molecule has 33 heavy (non-hydrogen) atoms. The van der Waals surface area contributed by atoms with E-state index < -0.39 is 10.5 Å². The van der Waals surface area contributed by atoms with Gasteiger partial charge in [-0.05, 0) is 18.4 Å². The second-order valence-electron chi connectivity index (χ2n) is 8.82. The maximum absolute atomic E-state index is 13.5. The fraction of sp³-hybridized carbons (Fsp3) is 0.417. The summed E-state index contributed by atoms with van der Waals surface area (Å²) in [4.78, 5) is 32.4. The predicted octanol–water partition coefficient (Wildman–Crippen LogP) is 2.50. The minimum Gasteiger partial charge on any atom is -0.377 e. The van der Waals surface area contributed by atoms with E-state index in [0.717, 1.165) is 25.0 Å². The first-order chi connectivity index (χ1) is 16.0. The lowest BCUT2D eigenvalue weighted by atomic mass is 9.84. The van der Waals surface area contributed by atoms with Crippen LogP contribution >= 0.6 is 0 Å². The number of likely N-dealkylation sites (tertiary alicyclic amines) is 1. The van der Waals surface area contributed by atoms with Crippen LogP contribution in [0.4, 0.5) is 5.69 Å². The van der Waals surface area contributed by atoms with Crippen LogP contribution in [0.1, 0.15) is 24.0 Å². The number of carbonyl (C=O) groups excluding carboxylic acids is 1. The van der Waals surface area contributed by atoms with Crippen molar-refractivity contribution < 1.29 is 19.3 Å². The Morgan fingerprint density at radius 2 is 2.09 bits per heavy atom. The topological polar surface area (TPSA) is 106 Å². The van der Waals surface area contributed by atoms with E-state index in [-0.39, 0.29) is 23.6 Å². The van der Waals surface area contributed by atoms with Gasteiger partial charge in [0.15, 0.2) is 0 Å². The van der Waals surface area contributed by atoms with Crippen molar-refractivity contribution in [1.82, 2.24) is 10.2 Å². The van der Waals surface area contributed by atoms with E-state index in [1.54, 1.807) is 12.1 Å². The smallest absolute Gasteiger partial charge is 0.270 e. The molecule has 1 amide bonds. The average molecular weight is 450 g/mol. The van der Waals surface area contributed by atoms with E-state index in [1.807, 2.05) is 18.2 Å². The third-order valence-electron chi connectivity index (χ3n) is 6.60. The number of rotatable bonds is 7. The van der Waals surface area contributed by atoms with Crippen molar-refractivity contribution in [1.29, 1.82) is 0 Å². The van der Waals surface area contributed by atoms with Crippen molar-refractivity contribution in [2.75, 3.05) is 26.2 Å². The minimum atomic E-state index is -1.17. The number of nitrogens with zero attached hydrogens (tertiary/aromatic N) is 3. The summed E-state index contributed by atoms with van der Waals surface area (Å²) in [5, 5.41) is 18.6. The third-order valence-corrected chi connectivity index (χ3v) is 6.60. The zero-order chi connectivity index (χ0) is 22.8. The van der Waals surface area contributed by atoms with E-state index in [0.29, 0.717) is 37.5 Å². The maximum Gasteiger partial charge on any atom is 0.270 e. The lowest BCUT2D eigenvalue weighted by Gasteiger charge is -2.26. The van der Waals surface area contributed by atoms with Gasteiger partial charge < -0.3 is 14.9 Å². The number of benzene rings is 2. The Labute approximate surface area is 191 Å². The van der Waals surface area contributed by atoms with Gasteiger partial charge in [0.05, 0.1) is 29.2 Å². The summed E-state index contributed by atoms with van der Waals surface area (Å²) in [5.74, 6) is -0.560. The molecule has 3 unspecified atom stereocenters. The summed E-state index contributed by atoms with van der Waals surface area (Å²) in [5.41, 5.74) is 1.12. The molecule has 2 fully saturated rings. The predicted molar refractivity (Wildman–Crippen MR) is 121 cm³/mol. The van der Waals surface area contributed by atoms with Crippen LogP contribution in [0, 0.1) is 16.0 Å². The molecule has 0 aromatic heterocycles. The first-order valence-corrected chi connectivity index (χ1v) is 11.2. The molecule has 0 spiro atoms. The molecule has 3 heterocycles. The average Bonchev–Trinajstić information content (AvgIpc) is 3.54. The number of carbonyl (C=O) groups is 1. The van der Waals surface area contributed by atoms with Gasteiger partial charge in [0, 0.05) is 43.9 Å². The number of hydrogen-bond acceptors (Lipinski definition) is 7. The number of fused-ring (bicyclic) bond motifs is 1. The normalized spacial score (nSPS) is 26.5. The quantitative estimate of drug-likeness (QED) is 0.513. The van der Waals surface area contributed by atoms with Crippen LogP contribution in [0.2, 0.25) is 0 Å². The van der Waals surface area contributed by atoms with Crippen molar-refractivity contribution in [3.63, 3.8) is 0 Å². The molecule has 172 valence electrons. The lowest BCUT2D eigenvalue weighted by molar-refractivity contribution is -0.384. The van der Waals surface area contributed by atoms with Crippen molar-refractivity contribution in [3.05, 3.63) is 75.8 Å².